The molecule has 35 heavy (non-hydrogen) atoms. The molecule has 2 aromatic carbocycles. The summed E-state index contributed by atoms with van der Waals surface area (Å²) in [6, 6.07) is 13.9. The van der Waals surface area contributed by atoms with Crippen LogP contribution >= 0.6 is 11.8 Å². The van der Waals surface area contributed by atoms with Gasteiger partial charge >= 0.3 is 0 Å². The van der Waals surface area contributed by atoms with Gasteiger partial charge in [-0.2, -0.15) is 5.10 Å². The van der Waals surface area contributed by atoms with Crippen LogP contribution in [-0.4, -0.2) is 53.2 Å². The highest BCUT2D eigenvalue weighted by Crippen LogP contribution is 2.32. The molecule has 0 spiro atoms. The first-order chi connectivity index (χ1) is 16.8. The molecule has 0 fully saturated rings. The van der Waals surface area contributed by atoms with Crippen LogP contribution in [-0.2, 0) is 21.2 Å². The number of carbonyl (C=O) groups is 2. The topological polar surface area (TPSA) is 122 Å². The van der Waals surface area contributed by atoms with E-state index in [1.54, 1.807) is 41.4 Å². The maximum atomic E-state index is 12.1. The van der Waals surface area contributed by atoms with Crippen molar-refractivity contribution in [1.29, 1.82) is 0 Å². The number of oxazole rings is 1. The van der Waals surface area contributed by atoms with E-state index in [0.717, 1.165) is 29.5 Å². The van der Waals surface area contributed by atoms with Crippen LogP contribution in [0.5, 0.6) is 0 Å². The van der Waals surface area contributed by atoms with Gasteiger partial charge in [0.05, 0.1) is 28.6 Å². The Morgan fingerprint density at radius 1 is 1.17 bits per heavy atom. The number of carbonyl (C=O) groups excluding carboxylic acids is 2. The van der Waals surface area contributed by atoms with Crippen molar-refractivity contribution in [3.63, 3.8) is 0 Å². The highest BCUT2D eigenvalue weighted by Gasteiger charge is 2.31. The van der Waals surface area contributed by atoms with E-state index in [4.69, 9.17) is 9.52 Å². The van der Waals surface area contributed by atoms with Crippen LogP contribution in [0.25, 0.3) is 0 Å². The molecule has 1 unspecified atom stereocenters. The summed E-state index contributed by atoms with van der Waals surface area (Å²) in [7, 11) is -3.29. The Kier molecular flexibility index (Phi) is 7.37. The first kappa shape index (κ1) is 24.7. The van der Waals surface area contributed by atoms with E-state index in [9.17, 15) is 18.0 Å². The number of aromatic nitrogens is 1. The molecule has 0 aliphatic carbocycles. The summed E-state index contributed by atoms with van der Waals surface area (Å²) in [6.45, 7) is 2.41. The summed E-state index contributed by atoms with van der Waals surface area (Å²) in [6.07, 6.45) is 5.36. The van der Waals surface area contributed by atoms with E-state index in [0.29, 0.717) is 12.2 Å². The lowest BCUT2D eigenvalue weighted by molar-refractivity contribution is -0.110. The molecule has 2 heterocycles. The zero-order chi connectivity index (χ0) is 25.0. The van der Waals surface area contributed by atoms with Crippen LogP contribution in [0.1, 0.15) is 35.0 Å². The monoisotopic (exact) mass is 512 g/mol. The Hall–Kier alpha value is -3.44. The van der Waals surface area contributed by atoms with Crippen molar-refractivity contribution < 1.29 is 22.4 Å². The quantitative estimate of drug-likeness (QED) is 0.455. The van der Waals surface area contributed by atoms with Gasteiger partial charge in [0.25, 0.3) is 5.91 Å². The lowest BCUT2D eigenvalue weighted by atomic mass is 10.1. The van der Waals surface area contributed by atoms with E-state index in [1.165, 1.54) is 30.6 Å². The zero-order valence-corrected chi connectivity index (χ0v) is 20.8. The highest BCUT2D eigenvalue weighted by atomic mass is 32.2. The highest BCUT2D eigenvalue weighted by molar-refractivity contribution is 8.01. The van der Waals surface area contributed by atoms with Gasteiger partial charge in [-0.1, -0.05) is 31.2 Å². The van der Waals surface area contributed by atoms with Gasteiger partial charge < -0.3 is 14.5 Å². The van der Waals surface area contributed by atoms with Crippen molar-refractivity contribution >= 4 is 45.2 Å². The van der Waals surface area contributed by atoms with Crippen LogP contribution in [0, 0.1) is 0 Å². The predicted molar refractivity (Wildman–Crippen MR) is 134 cm³/mol. The summed E-state index contributed by atoms with van der Waals surface area (Å²) < 4.78 is 28.6. The third-order valence-electron chi connectivity index (χ3n) is 5.42. The minimum Gasteiger partial charge on any atom is -0.438 e. The molecule has 0 bridgehead atoms. The first-order valence-corrected chi connectivity index (χ1v) is 13.7. The number of aldehydes is 1. The molecule has 1 aliphatic heterocycles. The van der Waals surface area contributed by atoms with E-state index in [-0.39, 0.29) is 15.9 Å². The summed E-state index contributed by atoms with van der Waals surface area (Å²) in [5.41, 5.74) is 3.11. The standard InChI is InChI=1S/C24H24N4O5S2/c1-3-21-23(17-6-10-19(11-7-17)35(2,31)32)27-28(22(14-29)34-21)13-16-4-8-18(9-5-16)26-24(30)20-12-25-15-33-20/h4-12,14-15,21-22H,3,13H2,1-2H3,(H,26,30)/t21-,22?/m1/s1. The predicted octanol–water partition coefficient (Wildman–Crippen LogP) is 3.59. The molecule has 182 valence electrons. The maximum Gasteiger partial charge on any atom is 0.293 e. The number of nitrogens with one attached hydrogen (secondary N) is 1. The van der Waals surface area contributed by atoms with Crippen molar-refractivity contribution in [2.24, 2.45) is 5.10 Å². The average Bonchev–Trinajstić information content (AvgIpc) is 3.40. The minimum absolute atomic E-state index is 0.000729. The third kappa shape index (κ3) is 5.80. The molecular formula is C24H24N4O5S2. The number of hydrogen-bond acceptors (Lipinski definition) is 9. The van der Waals surface area contributed by atoms with Crippen LogP contribution in [0.3, 0.4) is 0 Å². The van der Waals surface area contributed by atoms with Crippen LogP contribution < -0.4 is 5.32 Å². The number of hydrazone groups is 1. The van der Waals surface area contributed by atoms with Crippen LogP contribution in [0.2, 0.25) is 0 Å². The Morgan fingerprint density at radius 2 is 1.89 bits per heavy atom. The van der Waals surface area contributed by atoms with Crippen molar-refractivity contribution in [2.45, 2.75) is 35.4 Å². The molecule has 1 N–H and O–H groups in total. The van der Waals surface area contributed by atoms with Gasteiger partial charge in [-0.25, -0.2) is 13.4 Å². The van der Waals surface area contributed by atoms with Gasteiger partial charge in [0.15, 0.2) is 22.5 Å². The van der Waals surface area contributed by atoms with Crippen molar-refractivity contribution in [1.82, 2.24) is 9.99 Å². The lowest BCUT2D eigenvalue weighted by Gasteiger charge is -2.34. The number of thioether (sulfide) groups is 1. The van der Waals surface area contributed by atoms with Gasteiger partial charge in [0.2, 0.25) is 5.76 Å². The Labute approximate surface area is 207 Å². The molecule has 1 aliphatic rings. The van der Waals surface area contributed by atoms with Crippen LogP contribution in [0.15, 0.2) is 75.5 Å². The second kappa shape index (κ2) is 10.4. The number of amides is 1. The molecule has 2 atom stereocenters. The lowest BCUT2D eigenvalue weighted by Crippen LogP contribution is -2.39. The van der Waals surface area contributed by atoms with E-state index in [2.05, 4.69) is 10.3 Å². The third-order valence-corrected chi connectivity index (χ3v) is 8.06. The zero-order valence-electron chi connectivity index (χ0n) is 19.1. The number of anilines is 1. The smallest absolute Gasteiger partial charge is 0.293 e. The maximum absolute atomic E-state index is 12.1. The Morgan fingerprint density at radius 3 is 2.46 bits per heavy atom. The summed E-state index contributed by atoms with van der Waals surface area (Å²) in [4.78, 5) is 27.9. The minimum atomic E-state index is -3.29. The van der Waals surface area contributed by atoms with Gasteiger partial charge in [0, 0.05) is 11.9 Å². The van der Waals surface area contributed by atoms with E-state index < -0.39 is 21.1 Å². The molecule has 0 radical (unpaired) electrons. The fourth-order valence-corrected chi connectivity index (χ4v) is 5.40. The largest absolute Gasteiger partial charge is 0.438 e. The van der Waals surface area contributed by atoms with Crippen LogP contribution in [0.4, 0.5) is 5.69 Å². The molecule has 4 rings (SSSR count). The molecule has 9 nitrogen and oxygen atoms in total. The molecule has 11 heteroatoms. The van der Waals surface area contributed by atoms with Crippen molar-refractivity contribution in [3.05, 3.63) is 78.0 Å². The van der Waals surface area contributed by atoms with Crippen molar-refractivity contribution in [3.8, 4) is 0 Å². The fraction of sp³-hybridized carbons (Fsp3) is 0.250. The normalized spacial score (nSPS) is 18.1. The Bertz CT molecular complexity index is 1320. The van der Waals surface area contributed by atoms with Crippen molar-refractivity contribution in [2.75, 3.05) is 11.6 Å². The second-order valence-corrected chi connectivity index (χ2v) is 11.3. The number of hydrogen-bond donors (Lipinski definition) is 1. The average molecular weight is 513 g/mol. The number of rotatable bonds is 8. The molecule has 1 aromatic heterocycles. The molecular weight excluding hydrogens is 488 g/mol. The van der Waals surface area contributed by atoms with Gasteiger partial charge in [-0.05, 0) is 41.8 Å². The summed E-state index contributed by atoms with van der Waals surface area (Å²) in [5.74, 6) is -0.282. The molecule has 0 saturated heterocycles. The molecule has 0 saturated carbocycles. The number of benzene rings is 2. The van der Waals surface area contributed by atoms with E-state index in [1.807, 2.05) is 19.1 Å². The first-order valence-electron chi connectivity index (χ1n) is 10.8. The number of nitrogens with zero attached hydrogens (tertiary/aromatic N) is 3. The van der Waals surface area contributed by atoms with E-state index >= 15 is 0 Å². The summed E-state index contributed by atoms with van der Waals surface area (Å²) >= 11 is 1.52. The fourth-order valence-electron chi connectivity index (χ4n) is 3.60. The van der Waals surface area contributed by atoms with Gasteiger partial charge in [-0.15, -0.1) is 11.8 Å². The van der Waals surface area contributed by atoms with Gasteiger partial charge in [-0.3, -0.25) is 9.80 Å². The SMILES string of the molecule is CC[C@H]1SC(C=O)N(Cc2ccc(NC(=O)c3cnco3)cc2)N=C1c1ccc(S(C)(=O)=O)cc1. The summed E-state index contributed by atoms with van der Waals surface area (Å²) in [5, 5.41) is 8.82. The number of sulfone groups is 1. The van der Waals surface area contributed by atoms with Gasteiger partial charge in [0.1, 0.15) is 5.37 Å². The Balaban J connectivity index is 1.54. The molecule has 3 aromatic rings. The molecule has 1 amide bonds. The second-order valence-electron chi connectivity index (χ2n) is 7.96.